The zero-order chi connectivity index (χ0) is 94.5. The Morgan fingerprint density at radius 1 is 0.433 bits per heavy atom. The van der Waals surface area contributed by atoms with Gasteiger partial charge < -0.3 is 77.7 Å². The predicted molar refractivity (Wildman–Crippen MR) is 503 cm³/mol. The van der Waals surface area contributed by atoms with Crippen LogP contribution in [0.1, 0.15) is 108 Å². The van der Waals surface area contributed by atoms with Crippen molar-refractivity contribution in [3.05, 3.63) is 183 Å². The number of halogens is 7. The Balaban J connectivity index is 0.000000153. The normalized spacial score (nSPS) is 20.8. The Kier molecular flexibility index (Phi) is 31.3. The number of anilines is 6. The lowest BCUT2D eigenvalue weighted by atomic mass is 9.99. The van der Waals surface area contributed by atoms with Crippen molar-refractivity contribution in [1.82, 2.24) is 59.3 Å². The molecule has 9 aliphatic heterocycles. The highest BCUT2D eigenvalue weighted by molar-refractivity contribution is 6.36. The van der Waals surface area contributed by atoms with Crippen LogP contribution in [-0.2, 0) is 58.0 Å². The van der Waals surface area contributed by atoms with Crippen molar-refractivity contribution < 1.29 is 59.7 Å². The van der Waals surface area contributed by atoms with Crippen LogP contribution in [0.5, 0.6) is 18.0 Å². The number of fused-ring (bicyclic) bond motifs is 5. The maximum atomic E-state index is 12.9. The number of carbonyl (C=O) groups excluding carboxylic acids is 3. The molecule has 9 aliphatic rings. The number of aryl methyl sites for hydroxylation is 2. The fourth-order valence-electron chi connectivity index (χ4n) is 19.9. The molecule has 0 aliphatic carbocycles. The molecule has 5 aromatic carbocycles. The Morgan fingerprint density at radius 2 is 0.784 bits per heavy atom. The summed E-state index contributed by atoms with van der Waals surface area (Å²) in [4.78, 5) is 92.6. The molecule has 3 amide bonds. The molecule has 6 atom stereocenters. The molecule has 6 fully saturated rings. The highest BCUT2D eigenvalue weighted by Crippen LogP contribution is 2.42. The first-order valence-corrected chi connectivity index (χ1v) is 46.6. The second kappa shape index (κ2) is 43.5. The van der Waals surface area contributed by atoms with Gasteiger partial charge in [0.15, 0.2) is 0 Å². The van der Waals surface area contributed by atoms with Crippen LogP contribution in [-0.4, -0.2) is 278 Å². The molecule has 0 saturated carbocycles. The molecule has 8 aromatic rings. The third-order valence-electron chi connectivity index (χ3n) is 27.3. The molecular formula is C99H116ClF6N21O7. The molecule has 0 N–H and O–H groups in total. The quantitative estimate of drug-likeness (QED) is 0.0425. The standard InChI is InChI=1S/C34H38F3N7O2.C33H35ClF3N7O2.C32H43N7O3/c1-23-6-3-7-24-8-4-10-29(31(23)24)42-17-13-27-28(21-42)39-33(46-22-26-9-5-16-41(26)2)40-32(27)43-18-19-44(25(20-43)12-15-38)30(45)11-14-34(35,36)37;1-41-15-4-7-24(41)21-46-32-39-27-20-42(28-9-3-6-22-5-2-8-26(34)30(22)28)16-12-25(27)31(40-32)43-17-18-44(23(19-43)11-14-38)29(45)10-13-33(35,36)37;1-23-8-5-10-29(24(23)2)37-16-13-27-28(21-37)34-32(42-22-26-9-6-15-36(26)3)35-31(27)38-17-18-39(25(20-38)12-14-33)30(40)11-7-19-41-4/h3-4,6-8,10-11,14,25-26H,5,9,12-13,16-22H2,1-2H3;2-3,5-6,8-10,13,23-24H,4,7,11-12,15-21H2,1H3;5,7-8,10-11,25-26H,6,9,12-13,15-22H2,1-4H3/b14-11+;13-10+;11-7+/t25-,26-;23-,24-;25-,26-/m000/s1. The van der Waals surface area contributed by atoms with E-state index in [0.29, 0.717) is 139 Å². The summed E-state index contributed by atoms with van der Waals surface area (Å²) in [6, 6.07) is 38.0. The largest absolute Gasteiger partial charge is 0.462 e. The summed E-state index contributed by atoms with van der Waals surface area (Å²) in [5.74, 6) is 0.639. The number of aromatic nitrogens is 6. The number of rotatable bonds is 23. The van der Waals surface area contributed by atoms with Gasteiger partial charge in [0.2, 0.25) is 17.7 Å². The van der Waals surface area contributed by atoms with E-state index in [9.17, 15) is 56.5 Å². The van der Waals surface area contributed by atoms with Crippen LogP contribution < -0.4 is 43.6 Å². The van der Waals surface area contributed by atoms with Crippen LogP contribution in [0.2, 0.25) is 5.02 Å². The first kappa shape index (κ1) is 96.4. The van der Waals surface area contributed by atoms with Crippen molar-refractivity contribution in [2.24, 2.45) is 0 Å². The zero-order valence-corrected chi connectivity index (χ0v) is 77.8. The number of nitrogens with zero attached hydrogens (tertiary/aromatic N) is 21. The maximum absolute atomic E-state index is 12.9. The van der Waals surface area contributed by atoms with Crippen LogP contribution in [0, 0.1) is 54.8 Å². The average molecular weight is 1860 g/mol. The van der Waals surface area contributed by atoms with Gasteiger partial charge in [-0.2, -0.15) is 72.0 Å². The molecule has 134 heavy (non-hydrogen) atoms. The van der Waals surface area contributed by atoms with Crippen molar-refractivity contribution in [3.8, 4) is 36.2 Å². The fraction of sp³-hybridized carbons (Fsp3) is 0.495. The number of benzene rings is 5. The summed E-state index contributed by atoms with van der Waals surface area (Å²) >= 11 is 6.67. The number of hydrogen-bond acceptors (Lipinski definition) is 25. The smallest absolute Gasteiger partial charge is 0.409 e. The van der Waals surface area contributed by atoms with Crippen LogP contribution in [0.15, 0.2) is 127 Å². The van der Waals surface area contributed by atoms with E-state index >= 15 is 0 Å². The van der Waals surface area contributed by atoms with Crippen molar-refractivity contribution in [1.29, 1.82) is 15.8 Å². The number of amides is 3. The van der Waals surface area contributed by atoms with Crippen LogP contribution in [0.4, 0.5) is 60.9 Å². The summed E-state index contributed by atoms with van der Waals surface area (Å²) < 4.78 is 100. The molecule has 17 rings (SSSR count). The van der Waals surface area contributed by atoms with Crippen LogP contribution in [0.25, 0.3) is 21.5 Å². The first-order valence-electron chi connectivity index (χ1n) is 46.2. The molecule has 0 spiro atoms. The van der Waals surface area contributed by atoms with Gasteiger partial charge in [-0.1, -0.05) is 84.4 Å². The lowest BCUT2D eigenvalue weighted by Gasteiger charge is -2.42. The zero-order valence-electron chi connectivity index (χ0n) is 77.0. The van der Waals surface area contributed by atoms with Gasteiger partial charge in [0.1, 0.15) is 37.3 Å². The number of likely N-dealkylation sites (N-methyl/N-ethyl adjacent to an activating group) is 3. The molecule has 3 aromatic heterocycles. The van der Waals surface area contributed by atoms with E-state index < -0.39 is 36.3 Å². The van der Waals surface area contributed by atoms with Crippen molar-refractivity contribution in [3.63, 3.8) is 0 Å². The van der Waals surface area contributed by atoms with Gasteiger partial charge in [0.25, 0.3) is 0 Å². The van der Waals surface area contributed by atoms with Crippen LogP contribution >= 0.6 is 11.6 Å². The second-order valence-corrected chi connectivity index (χ2v) is 36.3. The molecule has 28 nitrogen and oxygen atoms in total. The predicted octanol–water partition coefficient (Wildman–Crippen LogP) is 13.7. The van der Waals surface area contributed by atoms with Gasteiger partial charge in [0.05, 0.1) is 104 Å². The highest BCUT2D eigenvalue weighted by Gasteiger charge is 2.40. The molecule has 0 radical (unpaired) electrons. The number of nitriles is 3. The number of alkyl halides is 6. The summed E-state index contributed by atoms with van der Waals surface area (Å²) in [6.07, 6.45) is 3.93. The minimum absolute atomic E-state index is 0.0129. The van der Waals surface area contributed by atoms with Gasteiger partial charge in [0, 0.05) is 179 Å². The first-order chi connectivity index (χ1) is 64.6. The molecule has 0 unspecified atom stereocenters. The number of allylic oxidation sites excluding steroid dienone is 2. The second-order valence-electron chi connectivity index (χ2n) is 35.9. The van der Waals surface area contributed by atoms with E-state index in [2.05, 4.69) is 155 Å². The third-order valence-corrected chi connectivity index (χ3v) is 27.7. The highest BCUT2D eigenvalue weighted by atomic mass is 35.5. The summed E-state index contributed by atoms with van der Waals surface area (Å²) in [5, 5.41) is 33.8. The number of methoxy groups -OCH3 is 1. The molecule has 708 valence electrons. The molecule has 12 heterocycles. The number of carbonyl (C=O) groups is 3. The Morgan fingerprint density at radius 3 is 1.16 bits per heavy atom. The molecule has 0 bridgehead atoms. The van der Waals surface area contributed by atoms with Crippen molar-refractivity contribution in [2.75, 3.05) is 182 Å². The van der Waals surface area contributed by atoms with Crippen molar-refractivity contribution in [2.45, 2.75) is 166 Å². The summed E-state index contributed by atoms with van der Waals surface area (Å²) in [7, 11) is 7.90. The van der Waals surface area contributed by atoms with E-state index in [-0.39, 0.29) is 93.6 Å². The monoisotopic (exact) mass is 1860 g/mol. The van der Waals surface area contributed by atoms with E-state index in [1.807, 2.05) is 40.1 Å². The van der Waals surface area contributed by atoms with E-state index in [0.717, 1.165) is 133 Å². The SMILES string of the molecule is CN1CCC[C@H]1COc1nc2c(c(N3CCN(C(=O)/C=C/C(F)(F)F)[C@@H](CC#N)C3)n1)CCN(c1cccc3cccc(Cl)c13)C2.COC/C=C/C(=O)N1CCN(c2nc(OC[C@@H]3CCCN3C)nc3c2CCN(c2cccc(C)c2C)C3)C[C@@H]1CC#N.Cc1cccc2cccc(N3CCc4c(nc(OC[C@@H]5CCCN5C)nc4N4CCN(C(=O)/C=C/C(F)(F)F)[C@@H](CC#N)C4)C3)c12. The van der Waals surface area contributed by atoms with Crippen molar-refractivity contribution >= 4 is 85.4 Å². The Labute approximate surface area is 783 Å². The topological polar surface area (TPSA) is 276 Å². The molecule has 6 saturated heterocycles. The van der Waals surface area contributed by atoms with E-state index in [1.54, 1.807) is 24.2 Å². The number of piperazine rings is 3. The van der Waals surface area contributed by atoms with Gasteiger partial charge in [-0.3, -0.25) is 14.4 Å². The summed E-state index contributed by atoms with van der Waals surface area (Å²) in [5.41, 5.74) is 12.9. The number of hydrogen-bond donors (Lipinski definition) is 0. The van der Waals surface area contributed by atoms with E-state index in [1.165, 1.54) is 49.4 Å². The maximum Gasteiger partial charge on any atom is 0.409 e. The Hall–Kier alpha value is -12.1. The molecular weight excluding hydrogens is 1740 g/mol. The van der Waals surface area contributed by atoms with E-state index in [4.69, 9.17) is 60.5 Å². The number of likely N-dealkylation sites (tertiary alicyclic amines) is 3. The average Bonchev–Trinajstić information content (AvgIpc) is 0.854. The third kappa shape index (κ3) is 23.1. The lowest BCUT2D eigenvalue weighted by molar-refractivity contribution is -0.130. The molecule has 35 heteroatoms. The van der Waals surface area contributed by atoms with Crippen LogP contribution in [0.3, 0.4) is 0 Å². The lowest BCUT2D eigenvalue weighted by Crippen LogP contribution is -2.55. The van der Waals surface area contributed by atoms with Gasteiger partial charge in [-0.25, -0.2) is 0 Å². The minimum Gasteiger partial charge on any atom is -0.462 e. The van der Waals surface area contributed by atoms with Gasteiger partial charge >= 0.3 is 30.4 Å². The van der Waals surface area contributed by atoms with Gasteiger partial charge in [-0.05, 0) is 171 Å². The Bertz CT molecular complexity index is 5530. The minimum atomic E-state index is -4.60. The summed E-state index contributed by atoms with van der Waals surface area (Å²) in [6.45, 7) is 18.6. The van der Waals surface area contributed by atoms with Gasteiger partial charge in [-0.15, -0.1) is 0 Å². The number of ether oxygens (including phenoxy) is 4. The fourth-order valence-corrected chi connectivity index (χ4v) is 20.2.